The molecule has 2 unspecified atom stereocenters. The number of hydrogen-bond donors (Lipinski definition) is 3. The predicted molar refractivity (Wildman–Crippen MR) is 67.9 cm³/mol. The van der Waals surface area contributed by atoms with Gasteiger partial charge < -0.3 is 21.1 Å². The predicted octanol–water partition coefficient (Wildman–Crippen LogP) is 0.222. The number of ether oxygens (including phenoxy) is 1. The van der Waals surface area contributed by atoms with Crippen molar-refractivity contribution in [3.8, 4) is 0 Å². The summed E-state index contributed by atoms with van der Waals surface area (Å²) in [4.78, 5) is 23.0. The van der Waals surface area contributed by atoms with Crippen molar-refractivity contribution in [1.29, 1.82) is 0 Å². The van der Waals surface area contributed by atoms with Gasteiger partial charge in [-0.15, -0.1) is 0 Å². The third-order valence-corrected chi connectivity index (χ3v) is 3.38. The Balaban J connectivity index is 2.50. The van der Waals surface area contributed by atoms with E-state index < -0.39 is 12.1 Å². The third-order valence-electron chi connectivity index (χ3n) is 3.38. The second kappa shape index (κ2) is 6.04. The molecule has 6 nitrogen and oxygen atoms in total. The standard InChI is InChI=1S/C12H23N3O3/c1-4-8(2)9(15-11(13)17)10(16)14-5-12(3)6-18-7-12/h8-9H,4-7H2,1-3H3,(H,14,16)(H3,13,15,17). The maximum absolute atomic E-state index is 12.0. The van der Waals surface area contributed by atoms with Crippen LogP contribution in [-0.2, 0) is 9.53 Å². The van der Waals surface area contributed by atoms with E-state index in [-0.39, 0.29) is 17.2 Å². The Morgan fingerprint density at radius 1 is 1.44 bits per heavy atom. The van der Waals surface area contributed by atoms with Crippen molar-refractivity contribution in [3.05, 3.63) is 0 Å². The minimum atomic E-state index is -0.673. The number of nitrogens with two attached hydrogens (primary N) is 1. The highest BCUT2D eigenvalue weighted by Crippen LogP contribution is 2.25. The molecule has 0 aromatic heterocycles. The molecule has 1 aliphatic heterocycles. The Morgan fingerprint density at radius 2 is 2.06 bits per heavy atom. The quantitative estimate of drug-likeness (QED) is 0.635. The molecule has 1 aliphatic rings. The summed E-state index contributed by atoms with van der Waals surface area (Å²) in [5, 5.41) is 5.35. The van der Waals surface area contributed by atoms with Crippen molar-refractivity contribution >= 4 is 11.9 Å². The molecule has 6 heteroatoms. The van der Waals surface area contributed by atoms with Crippen LogP contribution < -0.4 is 16.4 Å². The molecule has 2 atom stereocenters. The molecule has 0 bridgehead atoms. The summed E-state index contributed by atoms with van der Waals surface area (Å²) >= 11 is 0. The summed E-state index contributed by atoms with van der Waals surface area (Å²) in [5.41, 5.74) is 5.11. The molecule has 4 N–H and O–H groups in total. The lowest BCUT2D eigenvalue weighted by Gasteiger charge is -2.38. The maximum atomic E-state index is 12.0. The van der Waals surface area contributed by atoms with E-state index in [0.29, 0.717) is 19.8 Å². The fourth-order valence-corrected chi connectivity index (χ4v) is 1.82. The highest BCUT2D eigenvalue weighted by atomic mass is 16.5. The van der Waals surface area contributed by atoms with Gasteiger partial charge in [-0.1, -0.05) is 27.2 Å². The van der Waals surface area contributed by atoms with Gasteiger partial charge in [-0.3, -0.25) is 4.79 Å². The first kappa shape index (κ1) is 14.8. The molecule has 0 spiro atoms. The van der Waals surface area contributed by atoms with Gasteiger partial charge in [0.2, 0.25) is 5.91 Å². The lowest BCUT2D eigenvalue weighted by Crippen LogP contribution is -2.55. The van der Waals surface area contributed by atoms with Crippen molar-refractivity contribution in [2.45, 2.75) is 33.2 Å². The molecule has 104 valence electrons. The minimum Gasteiger partial charge on any atom is -0.380 e. The number of carbonyl (C=O) groups excluding carboxylic acids is 2. The molecule has 1 fully saturated rings. The summed E-state index contributed by atoms with van der Waals surface area (Å²) in [7, 11) is 0. The van der Waals surface area contributed by atoms with Crippen LogP contribution in [0.4, 0.5) is 4.79 Å². The Labute approximate surface area is 108 Å². The SMILES string of the molecule is CCC(C)C(NC(N)=O)C(=O)NCC1(C)COC1. The Bertz CT molecular complexity index is 316. The highest BCUT2D eigenvalue weighted by molar-refractivity contribution is 5.86. The number of amides is 3. The van der Waals surface area contributed by atoms with E-state index >= 15 is 0 Å². The first-order valence-electron chi connectivity index (χ1n) is 6.29. The van der Waals surface area contributed by atoms with E-state index in [4.69, 9.17) is 10.5 Å². The van der Waals surface area contributed by atoms with E-state index in [2.05, 4.69) is 17.6 Å². The largest absolute Gasteiger partial charge is 0.380 e. The summed E-state index contributed by atoms with van der Waals surface area (Å²) in [5.74, 6) is -0.140. The number of primary amides is 1. The lowest BCUT2D eigenvalue weighted by atomic mass is 9.88. The van der Waals surface area contributed by atoms with E-state index in [1.165, 1.54) is 0 Å². The van der Waals surface area contributed by atoms with Gasteiger partial charge in [0.05, 0.1) is 13.2 Å². The molecule has 0 aromatic carbocycles. The van der Waals surface area contributed by atoms with Crippen molar-refractivity contribution < 1.29 is 14.3 Å². The van der Waals surface area contributed by atoms with E-state index in [0.717, 1.165) is 6.42 Å². The van der Waals surface area contributed by atoms with Crippen LogP contribution in [0, 0.1) is 11.3 Å². The Hall–Kier alpha value is -1.30. The normalized spacial score (nSPS) is 20.4. The van der Waals surface area contributed by atoms with Crippen LogP contribution in [0.3, 0.4) is 0 Å². The average molecular weight is 257 g/mol. The lowest BCUT2D eigenvalue weighted by molar-refractivity contribution is -0.129. The highest BCUT2D eigenvalue weighted by Gasteiger charge is 2.35. The topological polar surface area (TPSA) is 93.5 Å². The zero-order valence-corrected chi connectivity index (χ0v) is 11.3. The summed E-state index contributed by atoms with van der Waals surface area (Å²) in [6, 6.07) is -1.24. The number of hydrogen-bond acceptors (Lipinski definition) is 3. The second-order valence-electron chi connectivity index (χ2n) is 5.39. The van der Waals surface area contributed by atoms with E-state index in [1.54, 1.807) is 0 Å². The van der Waals surface area contributed by atoms with Crippen molar-refractivity contribution in [3.63, 3.8) is 0 Å². The molecule has 0 aliphatic carbocycles. The van der Waals surface area contributed by atoms with Gasteiger partial charge in [0.15, 0.2) is 0 Å². The molecule has 1 rings (SSSR count). The summed E-state index contributed by atoms with van der Waals surface area (Å²) < 4.78 is 5.12. The fourth-order valence-electron chi connectivity index (χ4n) is 1.82. The number of carbonyl (C=O) groups is 2. The maximum Gasteiger partial charge on any atom is 0.312 e. The third kappa shape index (κ3) is 3.87. The number of urea groups is 1. The van der Waals surface area contributed by atoms with Crippen LogP contribution in [0.25, 0.3) is 0 Å². The van der Waals surface area contributed by atoms with Crippen LogP contribution in [0.5, 0.6) is 0 Å². The van der Waals surface area contributed by atoms with Crippen LogP contribution in [0.2, 0.25) is 0 Å². The fraction of sp³-hybridized carbons (Fsp3) is 0.833. The average Bonchev–Trinajstić information content (AvgIpc) is 2.29. The van der Waals surface area contributed by atoms with Gasteiger partial charge in [0.1, 0.15) is 6.04 Å². The summed E-state index contributed by atoms with van der Waals surface area (Å²) in [6.45, 7) is 7.80. The molecule has 0 radical (unpaired) electrons. The van der Waals surface area contributed by atoms with Gasteiger partial charge in [0, 0.05) is 12.0 Å². The first-order valence-corrected chi connectivity index (χ1v) is 6.29. The van der Waals surface area contributed by atoms with Gasteiger partial charge in [-0.25, -0.2) is 4.79 Å². The molecule has 0 aromatic rings. The van der Waals surface area contributed by atoms with E-state index in [1.807, 2.05) is 13.8 Å². The van der Waals surface area contributed by atoms with Crippen LogP contribution in [0.1, 0.15) is 27.2 Å². The molecule has 0 saturated carbocycles. The molecule has 3 amide bonds. The van der Waals surface area contributed by atoms with Crippen LogP contribution in [0.15, 0.2) is 0 Å². The monoisotopic (exact) mass is 257 g/mol. The van der Waals surface area contributed by atoms with E-state index in [9.17, 15) is 9.59 Å². The smallest absolute Gasteiger partial charge is 0.312 e. The number of nitrogens with one attached hydrogen (secondary N) is 2. The molecular formula is C12H23N3O3. The Morgan fingerprint density at radius 3 is 2.44 bits per heavy atom. The first-order chi connectivity index (χ1) is 8.38. The molecule has 18 heavy (non-hydrogen) atoms. The van der Waals surface area contributed by atoms with Crippen LogP contribution in [-0.4, -0.2) is 37.7 Å². The summed E-state index contributed by atoms with van der Waals surface area (Å²) in [6.07, 6.45) is 0.790. The zero-order valence-electron chi connectivity index (χ0n) is 11.3. The van der Waals surface area contributed by atoms with Crippen LogP contribution >= 0.6 is 0 Å². The second-order valence-corrected chi connectivity index (χ2v) is 5.39. The molecular weight excluding hydrogens is 234 g/mol. The van der Waals surface area contributed by atoms with Gasteiger partial charge in [-0.05, 0) is 5.92 Å². The van der Waals surface area contributed by atoms with Gasteiger partial charge in [0.25, 0.3) is 0 Å². The van der Waals surface area contributed by atoms with Gasteiger partial charge in [-0.2, -0.15) is 0 Å². The van der Waals surface area contributed by atoms with Gasteiger partial charge >= 0.3 is 6.03 Å². The molecule has 1 heterocycles. The number of rotatable bonds is 6. The van der Waals surface area contributed by atoms with Crippen molar-refractivity contribution in [2.24, 2.45) is 17.1 Å². The zero-order chi connectivity index (χ0) is 13.8. The minimum absolute atomic E-state index is 0.0163. The Kier molecular flexibility index (Phi) is 4.95. The van der Waals surface area contributed by atoms with Crippen molar-refractivity contribution in [1.82, 2.24) is 10.6 Å². The van der Waals surface area contributed by atoms with Crippen molar-refractivity contribution in [2.75, 3.05) is 19.8 Å². The molecule has 1 saturated heterocycles.